The molecule has 1 heterocycles. The molecule has 0 fully saturated rings. The monoisotopic (exact) mass is 272 g/mol. The molecule has 2 aromatic rings. The molecule has 0 aliphatic rings. The normalized spacial score (nSPS) is 11.5. The Balaban J connectivity index is 2.58. The van der Waals surface area contributed by atoms with E-state index >= 15 is 0 Å². The van der Waals surface area contributed by atoms with Crippen LogP contribution in [0.5, 0.6) is 0 Å². The first-order valence-electron chi connectivity index (χ1n) is 4.87. The van der Waals surface area contributed by atoms with Gasteiger partial charge in [-0.1, -0.05) is 12.1 Å². The molecule has 0 aliphatic heterocycles. The number of aromatic amines is 2. The van der Waals surface area contributed by atoms with Crippen molar-refractivity contribution in [1.82, 2.24) is 9.97 Å². The number of alkyl halides is 3. The molecule has 2 N–H and O–H groups in total. The number of rotatable bonds is 1. The SMILES string of the molecule is O=c1cc(-c2cccc(C(F)(F)F)c2)[nH]c(=S)[nH]1. The Morgan fingerprint density at radius 2 is 1.83 bits per heavy atom. The summed E-state index contributed by atoms with van der Waals surface area (Å²) in [6.07, 6.45) is -4.42. The predicted molar refractivity (Wildman–Crippen MR) is 62.7 cm³/mol. The summed E-state index contributed by atoms with van der Waals surface area (Å²) in [7, 11) is 0. The van der Waals surface area contributed by atoms with Crippen LogP contribution in [0.15, 0.2) is 35.1 Å². The Morgan fingerprint density at radius 1 is 1.11 bits per heavy atom. The quantitative estimate of drug-likeness (QED) is 0.784. The van der Waals surface area contributed by atoms with Gasteiger partial charge in [-0.05, 0) is 29.9 Å². The summed E-state index contributed by atoms with van der Waals surface area (Å²) in [5.74, 6) is 0. The van der Waals surface area contributed by atoms with E-state index in [9.17, 15) is 18.0 Å². The van der Waals surface area contributed by atoms with E-state index in [0.717, 1.165) is 18.2 Å². The van der Waals surface area contributed by atoms with E-state index < -0.39 is 17.3 Å². The van der Waals surface area contributed by atoms with Crippen LogP contribution in [0.4, 0.5) is 13.2 Å². The summed E-state index contributed by atoms with van der Waals surface area (Å²) in [6.45, 7) is 0. The number of nitrogens with one attached hydrogen (secondary N) is 2. The Labute approximate surface area is 104 Å². The highest BCUT2D eigenvalue weighted by atomic mass is 32.1. The topological polar surface area (TPSA) is 48.6 Å². The second kappa shape index (κ2) is 4.41. The molecule has 1 aromatic carbocycles. The summed E-state index contributed by atoms with van der Waals surface area (Å²) in [6, 6.07) is 5.82. The fraction of sp³-hybridized carbons (Fsp3) is 0.0909. The third-order valence-corrected chi connectivity index (χ3v) is 2.47. The molecule has 18 heavy (non-hydrogen) atoms. The van der Waals surface area contributed by atoms with Crippen molar-refractivity contribution in [3.63, 3.8) is 0 Å². The van der Waals surface area contributed by atoms with Crippen molar-refractivity contribution in [3.05, 3.63) is 51.0 Å². The van der Waals surface area contributed by atoms with Crippen molar-refractivity contribution in [2.45, 2.75) is 6.18 Å². The first kappa shape index (κ1) is 12.6. The molecule has 3 nitrogen and oxygen atoms in total. The highest BCUT2D eigenvalue weighted by Gasteiger charge is 2.30. The molecule has 0 atom stereocenters. The maximum absolute atomic E-state index is 12.5. The Hall–Kier alpha value is -1.89. The highest BCUT2D eigenvalue weighted by molar-refractivity contribution is 7.71. The van der Waals surface area contributed by atoms with Gasteiger partial charge in [0.15, 0.2) is 4.77 Å². The Bertz CT molecular complexity index is 659. The van der Waals surface area contributed by atoms with Gasteiger partial charge in [-0.25, -0.2) is 0 Å². The van der Waals surface area contributed by atoms with Gasteiger partial charge in [0.25, 0.3) is 5.56 Å². The molecule has 2 rings (SSSR count). The van der Waals surface area contributed by atoms with Gasteiger partial charge in [-0.2, -0.15) is 13.2 Å². The first-order valence-corrected chi connectivity index (χ1v) is 5.28. The lowest BCUT2D eigenvalue weighted by Crippen LogP contribution is -2.07. The zero-order valence-electron chi connectivity index (χ0n) is 8.84. The number of hydrogen-bond acceptors (Lipinski definition) is 2. The molecule has 0 unspecified atom stereocenters. The fourth-order valence-electron chi connectivity index (χ4n) is 1.49. The van der Waals surface area contributed by atoms with Crippen LogP contribution < -0.4 is 5.56 Å². The molecular weight excluding hydrogens is 265 g/mol. The molecule has 0 amide bonds. The smallest absolute Gasteiger partial charge is 0.332 e. The van der Waals surface area contributed by atoms with Crippen molar-refractivity contribution >= 4 is 12.2 Å². The van der Waals surface area contributed by atoms with Crippen LogP contribution in [-0.2, 0) is 6.18 Å². The summed E-state index contributed by atoms with van der Waals surface area (Å²) in [5.41, 5.74) is -0.748. The third kappa shape index (κ3) is 2.67. The minimum Gasteiger partial charge on any atom is -0.332 e. The van der Waals surface area contributed by atoms with Crippen molar-refractivity contribution in [2.24, 2.45) is 0 Å². The molecule has 1 aromatic heterocycles. The van der Waals surface area contributed by atoms with Crippen molar-refractivity contribution in [2.75, 3.05) is 0 Å². The van der Waals surface area contributed by atoms with Gasteiger partial charge < -0.3 is 4.98 Å². The summed E-state index contributed by atoms with van der Waals surface area (Å²) in [4.78, 5) is 16.1. The van der Waals surface area contributed by atoms with Crippen molar-refractivity contribution < 1.29 is 13.2 Å². The van der Waals surface area contributed by atoms with Crippen molar-refractivity contribution in [1.29, 1.82) is 0 Å². The van der Waals surface area contributed by atoms with E-state index in [0.29, 0.717) is 0 Å². The lowest BCUT2D eigenvalue weighted by atomic mass is 10.1. The number of hydrogen-bond donors (Lipinski definition) is 2. The number of H-pyrrole nitrogens is 2. The van der Waals surface area contributed by atoms with Gasteiger partial charge in [-0.3, -0.25) is 9.78 Å². The average molecular weight is 272 g/mol. The summed E-state index contributed by atoms with van der Waals surface area (Å²) >= 11 is 4.76. The molecule has 7 heteroatoms. The number of aromatic nitrogens is 2. The van der Waals surface area contributed by atoms with E-state index in [1.807, 2.05) is 0 Å². The number of benzene rings is 1. The molecular formula is C11H7F3N2OS. The molecule has 94 valence electrons. The largest absolute Gasteiger partial charge is 0.416 e. The number of halogens is 3. The van der Waals surface area contributed by atoms with E-state index in [4.69, 9.17) is 12.2 Å². The van der Waals surface area contributed by atoms with Gasteiger partial charge in [0.1, 0.15) is 0 Å². The Kier molecular flexibility index (Phi) is 3.08. The van der Waals surface area contributed by atoms with Crippen LogP contribution in [0.1, 0.15) is 5.56 Å². The molecule has 0 saturated heterocycles. The minimum absolute atomic E-state index is 0.0647. The molecule has 0 saturated carbocycles. The van der Waals surface area contributed by atoms with Gasteiger partial charge in [-0.15, -0.1) is 0 Å². The van der Waals surface area contributed by atoms with Gasteiger partial charge >= 0.3 is 6.18 Å². The van der Waals surface area contributed by atoms with Crippen LogP contribution in [0.25, 0.3) is 11.3 Å². The molecule has 0 radical (unpaired) electrons. The first-order chi connectivity index (χ1) is 8.36. The average Bonchev–Trinajstić information content (AvgIpc) is 2.27. The standard InChI is InChI=1S/C11H7F3N2OS/c12-11(13,14)7-3-1-2-6(4-7)8-5-9(17)16-10(18)15-8/h1-5H,(H2,15,16,17,18). The zero-order chi connectivity index (χ0) is 13.3. The van der Waals surface area contributed by atoms with Crippen molar-refractivity contribution in [3.8, 4) is 11.3 Å². The highest BCUT2D eigenvalue weighted by Crippen LogP contribution is 2.31. The molecule has 0 bridgehead atoms. The molecule has 0 aliphatic carbocycles. The van der Waals surface area contributed by atoms with Gasteiger partial charge in [0.2, 0.25) is 0 Å². The third-order valence-electron chi connectivity index (χ3n) is 2.26. The fourth-order valence-corrected chi connectivity index (χ4v) is 1.70. The maximum atomic E-state index is 12.5. The Morgan fingerprint density at radius 3 is 2.44 bits per heavy atom. The van der Waals surface area contributed by atoms with Crippen LogP contribution in [0, 0.1) is 4.77 Å². The van der Waals surface area contributed by atoms with E-state index in [2.05, 4.69) is 9.97 Å². The second-order valence-corrected chi connectivity index (χ2v) is 3.99. The van der Waals surface area contributed by atoms with Crippen LogP contribution >= 0.6 is 12.2 Å². The van der Waals surface area contributed by atoms with E-state index in [1.54, 1.807) is 0 Å². The minimum atomic E-state index is -4.42. The van der Waals surface area contributed by atoms with E-state index in [1.165, 1.54) is 12.1 Å². The molecule has 0 spiro atoms. The van der Waals surface area contributed by atoms with E-state index in [-0.39, 0.29) is 16.0 Å². The van der Waals surface area contributed by atoms with Crippen LogP contribution in [0.3, 0.4) is 0 Å². The predicted octanol–water partition coefficient (Wildman–Crippen LogP) is 3.12. The zero-order valence-corrected chi connectivity index (χ0v) is 9.65. The van der Waals surface area contributed by atoms with Crippen LogP contribution in [0.2, 0.25) is 0 Å². The summed E-state index contributed by atoms with van der Waals surface area (Å²) < 4.78 is 37.7. The van der Waals surface area contributed by atoms with Crippen LogP contribution in [-0.4, -0.2) is 9.97 Å². The van der Waals surface area contributed by atoms with Gasteiger partial charge in [0, 0.05) is 6.07 Å². The van der Waals surface area contributed by atoms with Gasteiger partial charge in [0.05, 0.1) is 11.3 Å². The summed E-state index contributed by atoms with van der Waals surface area (Å²) in [5, 5.41) is 0. The maximum Gasteiger partial charge on any atom is 0.416 e. The second-order valence-electron chi connectivity index (χ2n) is 3.58. The lowest BCUT2D eigenvalue weighted by molar-refractivity contribution is -0.137. The lowest BCUT2D eigenvalue weighted by Gasteiger charge is -2.08.